The Morgan fingerprint density at radius 1 is 1.26 bits per heavy atom. The third-order valence-corrected chi connectivity index (χ3v) is 3.20. The fourth-order valence-electron chi connectivity index (χ4n) is 2.17. The van der Waals surface area contributed by atoms with Gasteiger partial charge in [-0.3, -0.25) is 4.98 Å². The van der Waals surface area contributed by atoms with Gasteiger partial charge in [0.15, 0.2) is 0 Å². The highest BCUT2D eigenvalue weighted by atomic mass is 19.3. The number of nitrogens with zero attached hydrogens (tertiary/aromatic N) is 3. The van der Waals surface area contributed by atoms with Gasteiger partial charge >= 0.3 is 6.61 Å². The number of hydrogen-bond acceptors (Lipinski definition) is 5. The first-order valence-corrected chi connectivity index (χ1v) is 7.04. The molecule has 5 nitrogen and oxygen atoms in total. The quantitative estimate of drug-likeness (QED) is 0.785. The number of halogens is 2. The Balaban J connectivity index is 2.30. The Morgan fingerprint density at radius 2 is 2.09 bits per heavy atom. The van der Waals surface area contributed by atoms with E-state index in [4.69, 9.17) is 5.26 Å². The van der Waals surface area contributed by atoms with E-state index >= 15 is 0 Å². The summed E-state index contributed by atoms with van der Waals surface area (Å²) in [5.74, 6) is 0.0110. The van der Waals surface area contributed by atoms with Crippen molar-refractivity contribution in [3.8, 4) is 17.9 Å². The minimum atomic E-state index is -2.91. The highest BCUT2D eigenvalue weighted by molar-refractivity contribution is 5.94. The number of anilines is 1. The topological polar surface area (TPSA) is 81.7 Å². The Kier molecular flexibility index (Phi) is 5.65. The van der Waals surface area contributed by atoms with Crippen LogP contribution in [0.2, 0.25) is 0 Å². The van der Waals surface area contributed by atoms with Crippen molar-refractivity contribution in [2.24, 2.45) is 0 Å². The number of hydrogen-bond donors (Lipinski definition) is 1. The second-order valence-electron chi connectivity index (χ2n) is 4.76. The molecule has 0 aliphatic heterocycles. The van der Waals surface area contributed by atoms with E-state index in [1.165, 1.54) is 18.3 Å². The number of nitriles is 2. The maximum Gasteiger partial charge on any atom is 0.387 e. The molecular weight excluding hydrogens is 302 g/mol. The lowest BCUT2D eigenvalue weighted by Crippen LogP contribution is -2.05. The minimum absolute atomic E-state index is 0.0110. The molecular formula is C16H14F2N4O. The van der Waals surface area contributed by atoms with Crippen LogP contribution in [0.5, 0.6) is 5.75 Å². The van der Waals surface area contributed by atoms with Crippen LogP contribution in [0, 0.1) is 22.7 Å². The molecule has 0 aliphatic rings. The lowest BCUT2D eigenvalue weighted by molar-refractivity contribution is -0.0497. The van der Waals surface area contributed by atoms with Crippen LogP contribution in [0.15, 0.2) is 24.4 Å². The smallest absolute Gasteiger partial charge is 0.387 e. The largest absolute Gasteiger partial charge is 0.435 e. The highest BCUT2D eigenvalue weighted by Crippen LogP contribution is 2.29. The molecule has 0 amide bonds. The first-order valence-electron chi connectivity index (χ1n) is 7.04. The average Bonchev–Trinajstić information content (AvgIpc) is 2.54. The predicted octanol–water partition coefficient (Wildman–Crippen LogP) is 3.81. The zero-order valence-electron chi connectivity index (χ0n) is 12.2. The van der Waals surface area contributed by atoms with Crippen molar-refractivity contribution in [2.45, 2.75) is 25.9 Å². The molecule has 23 heavy (non-hydrogen) atoms. The molecule has 0 saturated carbocycles. The molecule has 0 spiro atoms. The number of benzene rings is 1. The van der Waals surface area contributed by atoms with Gasteiger partial charge in [0.05, 0.1) is 22.8 Å². The molecule has 0 aliphatic carbocycles. The standard InChI is InChI=1S/C16H14F2N4O/c17-16(18)23-12-4-5-14-13(8-12)15(11(9-20)10-22-14)21-7-3-1-2-6-19/h4-5,8,10,16H,1-3,7H2,(H,21,22). The number of pyridine rings is 1. The van der Waals surface area contributed by atoms with E-state index in [-0.39, 0.29) is 5.75 Å². The number of alkyl halides is 2. The Hall–Kier alpha value is -2.93. The van der Waals surface area contributed by atoms with Gasteiger partial charge in [0.1, 0.15) is 11.8 Å². The SMILES string of the molecule is N#CCCCCNc1c(C#N)cnc2ccc(OC(F)F)cc12. The zero-order chi connectivity index (χ0) is 16.7. The molecule has 2 rings (SSSR count). The van der Waals surface area contributed by atoms with Crippen molar-refractivity contribution >= 4 is 16.6 Å². The first-order chi connectivity index (χ1) is 11.2. The molecule has 0 unspecified atom stereocenters. The van der Waals surface area contributed by atoms with Gasteiger partial charge in [-0.05, 0) is 31.0 Å². The highest BCUT2D eigenvalue weighted by Gasteiger charge is 2.11. The summed E-state index contributed by atoms with van der Waals surface area (Å²) in [6.07, 6.45) is 3.41. The Bertz CT molecular complexity index is 765. The summed E-state index contributed by atoms with van der Waals surface area (Å²) in [5, 5.41) is 21.4. The van der Waals surface area contributed by atoms with Crippen LogP contribution in [0.1, 0.15) is 24.8 Å². The molecule has 118 valence electrons. The van der Waals surface area contributed by atoms with Crippen LogP contribution in [-0.4, -0.2) is 18.1 Å². The molecule has 1 aromatic carbocycles. The van der Waals surface area contributed by atoms with Crippen LogP contribution in [0.25, 0.3) is 10.9 Å². The van der Waals surface area contributed by atoms with Crippen molar-refractivity contribution in [1.29, 1.82) is 10.5 Å². The minimum Gasteiger partial charge on any atom is -0.435 e. The third kappa shape index (κ3) is 4.27. The van der Waals surface area contributed by atoms with Crippen molar-refractivity contribution in [2.75, 3.05) is 11.9 Å². The maximum atomic E-state index is 12.4. The van der Waals surface area contributed by atoms with E-state index in [0.717, 1.165) is 12.8 Å². The summed E-state index contributed by atoms with van der Waals surface area (Å²) in [5.41, 5.74) is 1.44. The van der Waals surface area contributed by atoms with Gasteiger partial charge in [-0.2, -0.15) is 19.3 Å². The van der Waals surface area contributed by atoms with E-state index in [1.54, 1.807) is 6.07 Å². The second kappa shape index (κ2) is 7.90. The molecule has 0 bridgehead atoms. The van der Waals surface area contributed by atoms with Crippen molar-refractivity contribution in [3.63, 3.8) is 0 Å². The predicted molar refractivity (Wildman–Crippen MR) is 81.0 cm³/mol. The molecule has 2 aromatic rings. The fourth-order valence-corrected chi connectivity index (χ4v) is 2.17. The summed E-state index contributed by atoms with van der Waals surface area (Å²) in [6.45, 7) is -2.35. The number of rotatable bonds is 7. The van der Waals surface area contributed by atoms with Gasteiger partial charge in [-0.25, -0.2) is 0 Å². The van der Waals surface area contributed by atoms with Crippen molar-refractivity contribution < 1.29 is 13.5 Å². The molecule has 1 heterocycles. The van der Waals surface area contributed by atoms with Gasteiger partial charge in [-0.1, -0.05) is 0 Å². The summed E-state index contributed by atoms with van der Waals surface area (Å²) in [4.78, 5) is 4.14. The van der Waals surface area contributed by atoms with Gasteiger partial charge in [-0.15, -0.1) is 0 Å². The number of ether oxygens (including phenoxy) is 1. The maximum absolute atomic E-state index is 12.4. The van der Waals surface area contributed by atoms with Crippen LogP contribution in [0.3, 0.4) is 0 Å². The van der Waals surface area contributed by atoms with Gasteiger partial charge in [0.2, 0.25) is 0 Å². The molecule has 7 heteroatoms. The van der Waals surface area contributed by atoms with E-state index < -0.39 is 6.61 Å². The number of aromatic nitrogens is 1. The lowest BCUT2D eigenvalue weighted by Gasteiger charge is -2.12. The Labute approximate surface area is 132 Å². The van der Waals surface area contributed by atoms with Crippen LogP contribution >= 0.6 is 0 Å². The van der Waals surface area contributed by atoms with Crippen molar-refractivity contribution in [3.05, 3.63) is 30.0 Å². The fraction of sp³-hybridized carbons (Fsp3) is 0.312. The van der Waals surface area contributed by atoms with Crippen LogP contribution in [-0.2, 0) is 0 Å². The van der Waals surface area contributed by atoms with E-state index in [2.05, 4.69) is 21.1 Å². The van der Waals surface area contributed by atoms with E-state index in [0.29, 0.717) is 35.1 Å². The van der Waals surface area contributed by atoms with E-state index in [1.807, 2.05) is 6.07 Å². The summed E-state index contributed by atoms with van der Waals surface area (Å²) >= 11 is 0. The molecule has 0 radical (unpaired) electrons. The number of nitrogens with one attached hydrogen (secondary N) is 1. The third-order valence-electron chi connectivity index (χ3n) is 3.20. The molecule has 1 N–H and O–H groups in total. The number of fused-ring (bicyclic) bond motifs is 1. The average molecular weight is 316 g/mol. The normalized spacial score (nSPS) is 10.3. The van der Waals surface area contributed by atoms with E-state index in [9.17, 15) is 14.0 Å². The Morgan fingerprint density at radius 3 is 2.78 bits per heavy atom. The summed E-state index contributed by atoms with van der Waals surface area (Å²) in [7, 11) is 0. The first kappa shape index (κ1) is 16.4. The van der Waals surface area contributed by atoms with Crippen molar-refractivity contribution in [1.82, 2.24) is 4.98 Å². The van der Waals surface area contributed by atoms with Gasteiger partial charge in [0.25, 0.3) is 0 Å². The monoisotopic (exact) mass is 316 g/mol. The molecule has 0 fully saturated rings. The van der Waals surface area contributed by atoms with Crippen LogP contribution < -0.4 is 10.1 Å². The lowest BCUT2D eigenvalue weighted by atomic mass is 10.1. The molecule has 1 aromatic heterocycles. The summed E-state index contributed by atoms with van der Waals surface area (Å²) < 4.78 is 29.1. The zero-order valence-corrected chi connectivity index (χ0v) is 12.2. The molecule has 0 saturated heterocycles. The molecule has 0 atom stereocenters. The van der Waals surface area contributed by atoms with Gasteiger partial charge < -0.3 is 10.1 Å². The number of unbranched alkanes of at least 4 members (excludes halogenated alkanes) is 2. The summed E-state index contributed by atoms with van der Waals surface area (Å²) in [6, 6.07) is 8.51. The van der Waals surface area contributed by atoms with Gasteiger partial charge in [0, 0.05) is 24.5 Å². The van der Waals surface area contributed by atoms with Crippen LogP contribution in [0.4, 0.5) is 14.5 Å². The second-order valence-corrected chi connectivity index (χ2v) is 4.76.